The molecule has 0 aromatic carbocycles. The fourth-order valence-corrected chi connectivity index (χ4v) is 1.66. The topological polar surface area (TPSA) is 48.1 Å². The van der Waals surface area contributed by atoms with Crippen LogP contribution < -0.4 is 5.73 Å². The van der Waals surface area contributed by atoms with Gasteiger partial charge in [0.1, 0.15) is 0 Å². The summed E-state index contributed by atoms with van der Waals surface area (Å²) < 4.78 is 5.39. The van der Waals surface area contributed by atoms with Crippen molar-refractivity contribution in [3.63, 3.8) is 0 Å². The Morgan fingerprint density at radius 2 is 2.19 bits per heavy atom. The standard InChI is InChI=1S/C13H22N2O/c1-10-9-15-8-6-11(10)12(14)5-7-13(2,3)16-4/h6,8-9,12H,5,7,14H2,1-4H3. The largest absolute Gasteiger partial charge is 0.379 e. The Kier molecular flexibility index (Phi) is 4.44. The number of rotatable bonds is 5. The number of nitrogens with zero attached hydrogens (tertiary/aromatic N) is 1. The van der Waals surface area contributed by atoms with Crippen LogP contribution in [0.25, 0.3) is 0 Å². The van der Waals surface area contributed by atoms with E-state index in [-0.39, 0.29) is 11.6 Å². The second-order valence-electron chi connectivity index (χ2n) is 4.84. The van der Waals surface area contributed by atoms with E-state index in [0.717, 1.165) is 18.4 Å². The average molecular weight is 222 g/mol. The molecule has 0 amide bonds. The number of methoxy groups -OCH3 is 1. The summed E-state index contributed by atoms with van der Waals surface area (Å²) in [6.45, 7) is 6.21. The first-order chi connectivity index (χ1) is 7.46. The van der Waals surface area contributed by atoms with Gasteiger partial charge < -0.3 is 10.5 Å². The highest BCUT2D eigenvalue weighted by molar-refractivity contribution is 5.24. The van der Waals surface area contributed by atoms with Crippen molar-refractivity contribution in [2.24, 2.45) is 5.73 Å². The average Bonchev–Trinajstić information content (AvgIpc) is 2.27. The molecule has 0 radical (unpaired) electrons. The van der Waals surface area contributed by atoms with Crippen molar-refractivity contribution < 1.29 is 4.74 Å². The van der Waals surface area contributed by atoms with Gasteiger partial charge in [0.2, 0.25) is 0 Å². The molecule has 0 aliphatic carbocycles. The van der Waals surface area contributed by atoms with Crippen molar-refractivity contribution >= 4 is 0 Å². The summed E-state index contributed by atoms with van der Waals surface area (Å²) in [7, 11) is 1.74. The van der Waals surface area contributed by atoms with Crippen LogP contribution in [0, 0.1) is 6.92 Å². The lowest BCUT2D eigenvalue weighted by Gasteiger charge is -2.25. The van der Waals surface area contributed by atoms with Gasteiger partial charge in [0.05, 0.1) is 5.60 Å². The van der Waals surface area contributed by atoms with E-state index < -0.39 is 0 Å². The quantitative estimate of drug-likeness (QED) is 0.833. The number of ether oxygens (including phenoxy) is 1. The molecule has 1 atom stereocenters. The highest BCUT2D eigenvalue weighted by atomic mass is 16.5. The van der Waals surface area contributed by atoms with Gasteiger partial charge in [-0.05, 0) is 50.8 Å². The molecule has 1 unspecified atom stereocenters. The molecular weight excluding hydrogens is 200 g/mol. The molecule has 0 spiro atoms. The fourth-order valence-electron chi connectivity index (χ4n) is 1.66. The number of aryl methyl sites for hydroxylation is 1. The minimum Gasteiger partial charge on any atom is -0.379 e. The SMILES string of the molecule is COC(C)(C)CCC(N)c1ccncc1C. The van der Waals surface area contributed by atoms with Gasteiger partial charge in [0.25, 0.3) is 0 Å². The summed E-state index contributed by atoms with van der Waals surface area (Å²) in [6.07, 6.45) is 5.53. The number of nitrogens with two attached hydrogens (primary N) is 1. The predicted octanol–water partition coefficient (Wildman–Crippen LogP) is 2.60. The van der Waals surface area contributed by atoms with E-state index in [2.05, 4.69) is 18.8 Å². The van der Waals surface area contributed by atoms with Gasteiger partial charge in [-0.3, -0.25) is 4.98 Å². The highest BCUT2D eigenvalue weighted by Gasteiger charge is 2.18. The number of pyridine rings is 1. The van der Waals surface area contributed by atoms with Crippen molar-refractivity contribution in [3.05, 3.63) is 29.6 Å². The zero-order chi connectivity index (χ0) is 12.2. The van der Waals surface area contributed by atoms with Gasteiger partial charge in [0.15, 0.2) is 0 Å². The van der Waals surface area contributed by atoms with Crippen LogP contribution in [0.5, 0.6) is 0 Å². The molecule has 90 valence electrons. The lowest BCUT2D eigenvalue weighted by atomic mass is 9.94. The molecule has 0 aliphatic rings. The van der Waals surface area contributed by atoms with E-state index in [4.69, 9.17) is 10.5 Å². The minimum atomic E-state index is -0.0987. The van der Waals surface area contributed by atoms with Crippen LogP contribution in [0.2, 0.25) is 0 Å². The first kappa shape index (κ1) is 13.1. The molecule has 0 saturated heterocycles. The summed E-state index contributed by atoms with van der Waals surface area (Å²) in [5.41, 5.74) is 8.42. The predicted molar refractivity (Wildman–Crippen MR) is 66.2 cm³/mol. The third-order valence-corrected chi connectivity index (χ3v) is 3.07. The molecule has 0 fully saturated rings. The number of aromatic nitrogens is 1. The smallest absolute Gasteiger partial charge is 0.0623 e. The van der Waals surface area contributed by atoms with Gasteiger partial charge in [-0.15, -0.1) is 0 Å². The molecule has 0 saturated carbocycles. The molecule has 1 heterocycles. The van der Waals surface area contributed by atoms with Gasteiger partial charge in [-0.25, -0.2) is 0 Å². The van der Waals surface area contributed by atoms with Gasteiger partial charge in [-0.1, -0.05) is 0 Å². The monoisotopic (exact) mass is 222 g/mol. The van der Waals surface area contributed by atoms with Crippen LogP contribution in [0.15, 0.2) is 18.5 Å². The molecule has 0 bridgehead atoms. The van der Waals surface area contributed by atoms with E-state index in [1.54, 1.807) is 13.3 Å². The maximum absolute atomic E-state index is 6.17. The van der Waals surface area contributed by atoms with Crippen LogP contribution in [-0.2, 0) is 4.74 Å². The summed E-state index contributed by atoms with van der Waals surface area (Å²) in [6, 6.07) is 2.07. The number of hydrogen-bond acceptors (Lipinski definition) is 3. The number of hydrogen-bond donors (Lipinski definition) is 1. The Bertz CT molecular complexity index is 336. The molecular formula is C13H22N2O. The van der Waals surface area contributed by atoms with Gasteiger partial charge in [-0.2, -0.15) is 0 Å². The summed E-state index contributed by atoms with van der Waals surface area (Å²) in [4.78, 5) is 4.07. The van der Waals surface area contributed by atoms with Crippen molar-refractivity contribution in [1.29, 1.82) is 0 Å². The zero-order valence-electron chi connectivity index (χ0n) is 10.7. The highest BCUT2D eigenvalue weighted by Crippen LogP contribution is 2.24. The van der Waals surface area contributed by atoms with Crippen molar-refractivity contribution in [2.45, 2.75) is 45.3 Å². The second kappa shape index (κ2) is 5.41. The van der Waals surface area contributed by atoms with Crippen LogP contribution in [-0.4, -0.2) is 17.7 Å². The van der Waals surface area contributed by atoms with Gasteiger partial charge in [0, 0.05) is 25.5 Å². The van der Waals surface area contributed by atoms with E-state index in [9.17, 15) is 0 Å². The second-order valence-corrected chi connectivity index (χ2v) is 4.84. The molecule has 3 nitrogen and oxygen atoms in total. The van der Waals surface area contributed by atoms with Crippen molar-refractivity contribution in [3.8, 4) is 0 Å². The molecule has 3 heteroatoms. The Morgan fingerprint density at radius 1 is 1.50 bits per heavy atom. The van der Waals surface area contributed by atoms with Crippen LogP contribution in [0.1, 0.15) is 43.9 Å². The minimum absolute atomic E-state index is 0.0671. The first-order valence-corrected chi connectivity index (χ1v) is 5.67. The lowest BCUT2D eigenvalue weighted by Crippen LogP contribution is -2.25. The van der Waals surface area contributed by atoms with E-state index >= 15 is 0 Å². The Labute approximate surface area is 98.0 Å². The Hall–Kier alpha value is -0.930. The molecule has 1 aromatic heterocycles. The maximum Gasteiger partial charge on any atom is 0.0623 e. The van der Waals surface area contributed by atoms with Crippen LogP contribution in [0.4, 0.5) is 0 Å². The molecule has 16 heavy (non-hydrogen) atoms. The lowest BCUT2D eigenvalue weighted by molar-refractivity contribution is 0.0125. The third-order valence-electron chi connectivity index (χ3n) is 3.07. The normalized spacial score (nSPS) is 13.8. The zero-order valence-corrected chi connectivity index (χ0v) is 10.7. The molecule has 1 rings (SSSR count). The van der Waals surface area contributed by atoms with Crippen molar-refractivity contribution in [1.82, 2.24) is 4.98 Å². The van der Waals surface area contributed by atoms with Crippen LogP contribution >= 0.6 is 0 Å². The Morgan fingerprint density at radius 3 is 2.75 bits per heavy atom. The molecule has 2 N–H and O–H groups in total. The summed E-state index contributed by atoms with van der Waals surface area (Å²) in [5, 5.41) is 0. The van der Waals surface area contributed by atoms with E-state index in [1.807, 2.05) is 19.2 Å². The van der Waals surface area contributed by atoms with E-state index in [1.165, 1.54) is 5.56 Å². The van der Waals surface area contributed by atoms with Crippen LogP contribution in [0.3, 0.4) is 0 Å². The summed E-state index contributed by atoms with van der Waals surface area (Å²) in [5.74, 6) is 0. The third kappa shape index (κ3) is 3.58. The fraction of sp³-hybridized carbons (Fsp3) is 0.615. The molecule has 0 aliphatic heterocycles. The van der Waals surface area contributed by atoms with Crippen molar-refractivity contribution in [2.75, 3.05) is 7.11 Å². The summed E-state index contributed by atoms with van der Waals surface area (Å²) >= 11 is 0. The Balaban J connectivity index is 2.60. The maximum atomic E-state index is 6.17. The first-order valence-electron chi connectivity index (χ1n) is 5.67. The molecule has 1 aromatic rings. The van der Waals surface area contributed by atoms with Gasteiger partial charge >= 0.3 is 0 Å². The van der Waals surface area contributed by atoms with E-state index in [0.29, 0.717) is 0 Å².